The first-order chi connectivity index (χ1) is 13.7. The van der Waals surface area contributed by atoms with Crippen molar-refractivity contribution >= 4 is 29.3 Å². The average Bonchev–Trinajstić information content (AvgIpc) is 3.46. The van der Waals surface area contributed by atoms with E-state index in [0.29, 0.717) is 29.8 Å². The van der Waals surface area contributed by atoms with Gasteiger partial charge in [-0.1, -0.05) is 0 Å². The van der Waals surface area contributed by atoms with Gasteiger partial charge in [-0.05, 0) is 49.4 Å². The molecule has 9 heteroatoms. The van der Waals surface area contributed by atoms with Gasteiger partial charge in [-0.3, -0.25) is 15.0 Å². The van der Waals surface area contributed by atoms with Crippen molar-refractivity contribution in [2.24, 2.45) is 5.92 Å². The number of amides is 3. The number of pyridine rings is 1. The molecule has 1 unspecified atom stereocenters. The number of hydrogen-bond acceptors (Lipinski definition) is 6. The summed E-state index contributed by atoms with van der Waals surface area (Å²) in [6.45, 7) is 2.31. The molecule has 9 nitrogen and oxygen atoms in total. The van der Waals surface area contributed by atoms with Gasteiger partial charge >= 0.3 is 6.03 Å². The number of fused-ring (bicyclic) bond motifs is 4. The lowest BCUT2D eigenvalue weighted by molar-refractivity contribution is 0.0947. The molecule has 0 radical (unpaired) electrons. The second-order valence-corrected chi connectivity index (χ2v) is 7.49. The van der Waals surface area contributed by atoms with Gasteiger partial charge in [-0.25, -0.2) is 9.78 Å². The summed E-state index contributed by atoms with van der Waals surface area (Å²) < 4.78 is 0. The molecule has 144 valence electrons. The number of urea groups is 1. The molecule has 2 aromatic rings. The topological polar surface area (TPSA) is 103 Å². The smallest absolute Gasteiger partial charge is 0.329 e. The average molecular weight is 379 g/mol. The summed E-state index contributed by atoms with van der Waals surface area (Å²) in [6.07, 6.45) is 4.75. The Bertz CT molecular complexity index is 916. The van der Waals surface area contributed by atoms with Crippen molar-refractivity contribution < 1.29 is 9.59 Å². The van der Waals surface area contributed by atoms with Crippen molar-refractivity contribution in [3.05, 3.63) is 36.2 Å². The minimum Gasteiger partial charge on any atom is -0.366 e. The van der Waals surface area contributed by atoms with E-state index < -0.39 is 0 Å². The van der Waals surface area contributed by atoms with Crippen LogP contribution >= 0.6 is 0 Å². The number of nitrogens with zero attached hydrogens (tertiary/aromatic N) is 5. The first-order valence-electron chi connectivity index (χ1n) is 9.61. The third-order valence-electron chi connectivity index (χ3n) is 5.46. The molecular weight excluding hydrogens is 358 g/mol. The van der Waals surface area contributed by atoms with Crippen molar-refractivity contribution in [3.8, 4) is 0 Å². The Hall–Kier alpha value is -3.23. The summed E-state index contributed by atoms with van der Waals surface area (Å²) in [5, 5.41) is 13.4. The maximum atomic E-state index is 13.0. The van der Waals surface area contributed by atoms with E-state index in [2.05, 4.69) is 30.7 Å². The van der Waals surface area contributed by atoms with E-state index in [9.17, 15) is 9.59 Å². The van der Waals surface area contributed by atoms with Crippen LogP contribution in [0, 0.1) is 5.92 Å². The highest BCUT2D eigenvalue weighted by molar-refractivity contribution is 6.04. The quantitative estimate of drug-likeness (QED) is 0.837. The number of rotatable bonds is 4. The molecular formula is C19H21N7O2. The van der Waals surface area contributed by atoms with Crippen molar-refractivity contribution in [3.63, 3.8) is 0 Å². The molecule has 1 aliphatic carbocycles. The molecule has 2 fully saturated rings. The Kier molecular flexibility index (Phi) is 4.07. The first kappa shape index (κ1) is 16.9. The largest absolute Gasteiger partial charge is 0.366 e. The molecule has 1 saturated heterocycles. The number of carbonyl (C=O) groups excluding carboxylic acids is 2. The number of hydrogen-bond donors (Lipinski definition) is 2. The summed E-state index contributed by atoms with van der Waals surface area (Å²) in [4.78, 5) is 33.9. The lowest BCUT2D eigenvalue weighted by Gasteiger charge is -2.35. The third kappa shape index (κ3) is 3.12. The van der Waals surface area contributed by atoms with Crippen molar-refractivity contribution in [2.45, 2.75) is 25.3 Å². The predicted molar refractivity (Wildman–Crippen MR) is 103 cm³/mol. The maximum Gasteiger partial charge on any atom is 0.329 e. The summed E-state index contributed by atoms with van der Waals surface area (Å²) in [5.74, 6) is 1.30. The lowest BCUT2D eigenvalue weighted by Crippen LogP contribution is -2.48. The predicted octanol–water partition coefficient (Wildman–Crippen LogP) is 1.64. The monoisotopic (exact) mass is 379 g/mol. The van der Waals surface area contributed by atoms with Gasteiger partial charge < -0.3 is 10.2 Å². The molecule has 5 rings (SSSR count). The van der Waals surface area contributed by atoms with Gasteiger partial charge in [-0.15, -0.1) is 5.10 Å². The van der Waals surface area contributed by atoms with Gasteiger partial charge in [0.15, 0.2) is 11.6 Å². The molecule has 2 N–H and O–H groups in total. The minimum absolute atomic E-state index is 0.0152. The zero-order chi connectivity index (χ0) is 19.1. The minimum atomic E-state index is -0.309. The van der Waals surface area contributed by atoms with Crippen LogP contribution in [0.2, 0.25) is 0 Å². The Balaban J connectivity index is 1.43. The second kappa shape index (κ2) is 6.74. The molecule has 2 aliphatic heterocycles. The van der Waals surface area contributed by atoms with Gasteiger partial charge in [0.1, 0.15) is 5.69 Å². The molecule has 4 heterocycles. The van der Waals surface area contributed by atoms with E-state index in [4.69, 9.17) is 0 Å². The summed E-state index contributed by atoms with van der Waals surface area (Å²) in [5.41, 5.74) is 1.21. The van der Waals surface area contributed by atoms with E-state index in [1.165, 1.54) is 12.8 Å². The highest BCUT2D eigenvalue weighted by Gasteiger charge is 2.40. The van der Waals surface area contributed by atoms with Gasteiger partial charge in [0.05, 0.1) is 11.7 Å². The maximum absolute atomic E-state index is 13.0. The summed E-state index contributed by atoms with van der Waals surface area (Å²) in [7, 11) is 0. The van der Waals surface area contributed by atoms with E-state index in [1.54, 1.807) is 29.3 Å². The fourth-order valence-electron chi connectivity index (χ4n) is 3.79. The number of aromatic nitrogens is 3. The van der Waals surface area contributed by atoms with Crippen molar-refractivity contribution in [1.82, 2.24) is 20.5 Å². The van der Waals surface area contributed by atoms with E-state index in [-0.39, 0.29) is 18.0 Å². The van der Waals surface area contributed by atoms with Crippen LogP contribution in [-0.4, -0.2) is 52.8 Å². The van der Waals surface area contributed by atoms with Crippen LogP contribution in [0.4, 0.5) is 22.1 Å². The van der Waals surface area contributed by atoms with E-state index in [0.717, 1.165) is 25.2 Å². The summed E-state index contributed by atoms with van der Waals surface area (Å²) >= 11 is 0. The zero-order valence-electron chi connectivity index (χ0n) is 15.3. The lowest BCUT2D eigenvalue weighted by atomic mass is 10.1. The molecule has 3 amide bonds. The number of anilines is 3. The van der Waals surface area contributed by atoms with Crippen LogP contribution in [-0.2, 0) is 0 Å². The summed E-state index contributed by atoms with van der Waals surface area (Å²) in [6, 6.07) is 6.73. The highest BCUT2D eigenvalue weighted by Crippen LogP contribution is 2.39. The van der Waals surface area contributed by atoms with Crippen molar-refractivity contribution in [1.29, 1.82) is 0 Å². The Labute approximate surface area is 162 Å². The van der Waals surface area contributed by atoms with Crippen molar-refractivity contribution in [2.75, 3.05) is 34.8 Å². The van der Waals surface area contributed by atoms with Gasteiger partial charge in [0.25, 0.3) is 5.91 Å². The van der Waals surface area contributed by atoms with Gasteiger partial charge in [0, 0.05) is 25.8 Å². The van der Waals surface area contributed by atoms with Crippen LogP contribution < -0.4 is 20.4 Å². The fraction of sp³-hybridized carbons (Fsp3) is 0.421. The molecule has 1 atom stereocenters. The first-order valence-corrected chi connectivity index (χ1v) is 9.61. The van der Waals surface area contributed by atoms with Crippen LogP contribution in [0.15, 0.2) is 30.5 Å². The van der Waals surface area contributed by atoms with Crippen LogP contribution in [0.3, 0.4) is 0 Å². The molecule has 2 bridgehead atoms. The third-order valence-corrected chi connectivity index (χ3v) is 5.46. The molecule has 0 aromatic carbocycles. The standard InChI is InChI=1S/C19H21N7O2/c27-18(20-10-12-3-4-12)14-5-6-15-17(22-14)26(13-7-9-25(15)11-13)19(28)23-16-2-1-8-21-24-16/h1-2,5-6,8,12-13H,3-4,7,9-11H2,(H,20,27)(H,23,24,28). The Morgan fingerprint density at radius 3 is 2.86 bits per heavy atom. The van der Waals surface area contributed by atoms with Gasteiger partial charge in [0.2, 0.25) is 0 Å². The molecule has 3 aliphatic rings. The van der Waals surface area contributed by atoms with E-state index >= 15 is 0 Å². The second-order valence-electron chi connectivity index (χ2n) is 7.49. The fourth-order valence-corrected chi connectivity index (χ4v) is 3.79. The SMILES string of the molecule is O=C(NCC1CC1)c1ccc2c(n1)N(C(=O)Nc1cccnn1)C1CCN2C1. The molecule has 0 spiro atoms. The Morgan fingerprint density at radius 2 is 2.07 bits per heavy atom. The van der Waals surface area contributed by atoms with Gasteiger partial charge in [-0.2, -0.15) is 5.10 Å². The molecule has 1 saturated carbocycles. The molecule has 28 heavy (non-hydrogen) atoms. The number of nitrogens with one attached hydrogen (secondary N) is 2. The zero-order valence-corrected chi connectivity index (χ0v) is 15.3. The van der Waals surface area contributed by atoms with Crippen LogP contribution in [0.25, 0.3) is 0 Å². The van der Waals surface area contributed by atoms with E-state index in [1.807, 2.05) is 6.07 Å². The molecule has 2 aromatic heterocycles. The Morgan fingerprint density at radius 1 is 1.18 bits per heavy atom. The highest BCUT2D eigenvalue weighted by atomic mass is 16.2. The number of carbonyl (C=O) groups is 2. The van der Waals surface area contributed by atoms with Crippen LogP contribution in [0.5, 0.6) is 0 Å². The van der Waals surface area contributed by atoms with Crippen LogP contribution in [0.1, 0.15) is 29.8 Å². The normalized spacial score (nSPS) is 19.9.